The molecule has 1 heterocycles. The first-order valence-corrected chi connectivity index (χ1v) is 8.99. The van der Waals surface area contributed by atoms with E-state index in [2.05, 4.69) is 15.9 Å². The lowest BCUT2D eigenvalue weighted by Crippen LogP contribution is -2.46. The molecule has 0 saturated carbocycles. The van der Waals surface area contributed by atoms with Crippen LogP contribution in [0.2, 0.25) is 0 Å². The number of hydrogen-bond donors (Lipinski definition) is 1. The molecule has 5 heteroatoms. The van der Waals surface area contributed by atoms with Gasteiger partial charge >= 0.3 is 0 Å². The minimum atomic E-state index is -0.775. The van der Waals surface area contributed by atoms with Gasteiger partial charge in [0.1, 0.15) is 12.2 Å². The molecule has 0 amide bonds. The quantitative estimate of drug-likeness (QED) is 0.762. The van der Waals surface area contributed by atoms with Gasteiger partial charge in [0, 0.05) is 0 Å². The molecule has 132 valence electrons. The SMILES string of the molecule is O[C@@H]1C(Br)=CO[C@H](COCc2ccccc2)[C@H]1OCc1ccccc1. The summed E-state index contributed by atoms with van der Waals surface area (Å²) in [6, 6.07) is 19.8. The average Bonchev–Trinajstić information content (AvgIpc) is 2.66. The summed E-state index contributed by atoms with van der Waals surface area (Å²) < 4.78 is 18.0. The van der Waals surface area contributed by atoms with Crippen LogP contribution in [0.1, 0.15) is 11.1 Å². The molecule has 2 aromatic rings. The van der Waals surface area contributed by atoms with Crippen LogP contribution in [0.15, 0.2) is 71.4 Å². The van der Waals surface area contributed by atoms with Gasteiger partial charge in [0.25, 0.3) is 0 Å². The summed E-state index contributed by atoms with van der Waals surface area (Å²) in [5, 5.41) is 10.4. The summed E-state index contributed by atoms with van der Waals surface area (Å²) in [5.41, 5.74) is 2.14. The van der Waals surface area contributed by atoms with E-state index in [1.54, 1.807) is 0 Å². The Kier molecular flexibility index (Phi) is 6.64. The van der Waals surface area contributed by atoms with Gasteiger partial charge in [-0.25, -0.2) is 0 Å². The second-order valence-corrected chi connectivity index (χ2v) is 6.80. The third kappa shape index (κ3) is 5.16. The zero-order chi connectivity index (χ0) is 17.5. The highest BCUT2D eigenvalue weighted by atomic mass is 79.9. The van der Waals surface area contributed by atoms with E-state index in [0.29, 0.717) is 24.3 Å². The number of halogens is 1. The largest absolute Gasteiger partial charge is 0.492 e. The molecule has 0 spiro atoms. The number of hydrogen-bond acceptors (Lipinski definition) is 4. The standard InChI is InChI=1S/C20H21BrO4/c21-17-13-24-18(14-23-11-15-7-3-1-4-8-15)20(19(17)22)25-12-16-9-5-2-6-10-16/h1-10,13,18-20,22H,11-12,14H2/t18-,19-,20-/m1/s1. The molecule has 1 N–H and O–H groups in total. The first-order valence-electron chi connectivity index (χ1n) is 8.20. The molecule has 0 saturated heterocycles. The maximum Gasteiger partial charge on any atom is 0.150 e. The summed E-state index contributed by atoms with van der Waals surface area (Å²) in [4.78, 5) is 0. The first kappa shape index (κ1) is 18.1. The smallest absolute Gasteiger partial charge is 0.150 e. The van der Waals surface area contributed by atoms with Crippen molar-refractivity contribution in [2.24, 2.45) is 0 Å². The van der Waals surface area contributed by atoms with Crippen LogP contribution in [0.5, 0.6) is 0 Å². The second-order valence-electron chi connectivity index (χ2n) is 5.88. The molecule has 2 aromatic carbocycles. The summed E-state index contributed by atoms with van der Waals surface area (Å²) in [6.07, 6.45) is -0.134. The van der Waals surface area contributed by atoms with Crippen molar-refractivity contribution in [2.45, 2.75) is 31.5 Å². The highest BCUT2D eigenvalue weighted by Gasteiger charge is 2.36. The first-order chi connectivity index (χ1) is 12.2. The molecule has 4 nitrogen and oxygen atoms in total. The minimum absolute atomic E-state index is 0.336. The van der Waals surface area contributed by atoms with Crippen LogP contribution in [-0.2, 0) is 27.4 Å². The maximum atomic E-state index is 10.4. The van der Waals surface area contributed by atoms with Crippen LogP contribution < -0.4 is 0 Å². The van der Waals surface area contributed by atoms with Crippen molar-refractivity contribution in [3.8, 4) is 0 Å². The topological polar surface area (TPSA) is 47.9 Å². The summed E-state index contributed by atoms with van der Waals surface area (Å²) in [7, 11) is 0. The van der Waals surface area contributed by atoms with Gasteiger partial charge < -0.3 is 19.3 Å². The van der Waals surface area contributed by atoms with Crippen molar-refractivity contribution >= 4 is 15.9 Å². The molecule has 0 bridgehead atoms. The van der Waals surface area contributed by atoms with Crippen molar-refractivity contribution in [1.82, 2.24) is 0 Å². The number of ether oxygens (including phenoxy) is 3. The maximum absolute atomic E-state index is 10.4. The van der Waals surface area contributed by atoms with Crippen molar-refractivity contribution in [1.29, 1.82) is 0 Å². The summed E-state index contributed by atoms with van der Waals surface area (Å²) in [5.74, 6) is 0. The lowest BCUT2D eigenvalue weighted by molar-refractivity contribution is -0.131. The van der Waals surface area contributed by atoms with E-state index in [0.717, 1.165) is 11.1 Å². The Morgan fingerprint density at radius 2 is 1.52 bits per heavy atom. The highest BCUT2D eigenvalue weighted by Crippen LogP contribution is 2.27. The van der Waals surface area contributed by atoms with Gasteiger partial charge in [-0.15, -0.1) is 0 Å². The van der Waals surface area contributed by atoms with E-state index in [-0.39, 0.29) is 6.10 Å². The molecule has 1 aliphatic heterocycles. The second kappa shape index (κ2) is 9.15. The number of rotatable bonds is 7. The number of aliphatic hydroxyl groups is 1. The van der Waals surface area contributed by atoms with Crippen LogP contribution in [0.4, 0.5) is 0 Å². The Labute approximate surface area is 156 Å². The molecule has 0 radical (unpaired) electrons. The van der Waals surface area contributed by atoms with Gasteiger partial charge in [-0.3, -0.25) is 0 Å². The Bertz CT molecular complexity index is 675. The summed E-state index contributed by atoms with van der Waals surface area (Å²) in [6.45, 7) is 1.23. The molecule has 0 aliphatic carbocycles. The van der Waals surface area contributed by atoms with Gasteiger partial charge in [-0.1, -0.05) is 60.7 Å². The Morgan fingerprint density at radius 3 is 2.16 bits per heavy atom. The van der Waals surface area contributed by atoms with Gasteiger partial charge in [0.2, 0.25) is 0 Å². The predicted octanol–water partition coefficient (Wildman–Crippen LogP) is 3.78. The Morgan fingerprint density at radius 1 is 0.920 bits per heavy atom. The van der Waals surface area contributed by atoms with Gasteiger partial charge in [-0.05, 0) is 27.1 Å². The zero-order valence-electron chi connectivity index (χ0n) is 13.8. The van der Waals surface area contributed by atoms with Crippen LogP contribution in [0.25, 0.3) is 0 Å². The highest BCUT2D eigenvalue weighted by molar-refractivity contribution is 9.11. The fourth-order valence-corrected chi connectivity index (χ4v) is 2.99. The third-order valence-electron chi connectivity index (χ3n) is 3.99. The monoisotopic (exact) mass is 404 g/mol. The van der Waals surface area contributed by atoms with Gasteiger partial charge in [0.05, 0.1) is 30.6 Å². The molecule has 3 atom stereocenters. The molecule has 0 fully saturated rings. The lowest BCUT2D eigenvalue weighted by Gasteiger charge is -2.33. The lowest BCUT2D eigenvalue weighted by atomic mass is 10.1. The van der Waals surface area contributed by atoms with Crippen molar-refractivity contribution in [2.75, 3.05) is 6.61 Å². The van der Waals surface area contributed by atoms with Crippen LogP contribution >= 0.6 is 15.9 Å². The zero-order valence-corrected chi connectivity index (χ0v) is 15.3. The van der Waals surface area contributed by atoms with E-state index in [4.69, 9.17) is 14.2 Å². The molecular weight excluding hydrogens is 384 g/mol. The van der Waals surface area contributed by atoms with E-state index in [1.807, 2.05) is 60.7 Å². The van der Waals surface area contributed by atoms with Crippen molar-refractivity contribution < 1.29 is 19.3 Å². The number of benzene rings is 2. The van der Waals surface area contributed by atoms with E-state index >= 15 is 0 Å². The predicted molar refractivity (Wildman–Crippen MR) is 99.0 cm³/mol. The molecule has 1 aliphatic rings. The van der Waals surface area contributed by atoms with Crippen molar-refractivity contribution in [3.05, 3.63) is 82.5 Å². The van der Waals surface area contributed by atoms with Crippen LogP contribution in [0, 0.1) is 0 Å². The Hall–Kier alpha value is -1.66. The fraction of sp³-hybridized carbons (Fsp3) is 0.300. The van der Waals surface area contributed by atoms with Crippen LogP contribution in [-0.4, -0.2) is 30.0 Å². The minimum Gasteiger partial charge on any atom is -0.492 e. The molecule has 25 heavy (non-hydrogen) atoms. The molecular formula is C20H21BrO4. The van der Waals surface area contributed by atoms with E-state index < -0.39 is 12.2 Å². The van der Waals surface area contributed by atoms with E-state index in [9.17, 15) is 5.11 Å². The normalized spacial score (nSPS) is 23.0. The molecule has 3 rings (SSSR count). The van der Waals surface area contributed by atoms with E-state index in [1.165, 1.54) is 6.26 Å². The fourth-order valence-electron chi connectivity index (χ4n) is 2.63. The number of aliphatic hydroxyl groups excluding tert-OH is 1. The van der Waals surface area contributed by atoms with Crippen molar-refractivity contribution in [3.63, 3.8) is 0 Å². The van der Waals surface area contributed by atoms with Crippen LogP contribution in [0.3, 0.4) is 0 Å². The summed E-state index contributed by atoms with van der Waals surface area (Å²) >= 11 is 3.32. The average molecular weight is 405 g/mol. The van der Waals surface area contributed by atoms with Gasteiger partial charge in [0.15, 0.2) is 6.10 Å². The van der Waals surface area contributed by atoms with Gasteiger partial charge in [-0.2, -0.15) is 0 Å². The molecule has 0 aromatic heterocycles. The third-order valence-corrected chi connectivity index (χ3v) is 4.65. The molecule has 0 unspecified atom stereocenters. The Balaban J connectivity index is 1.57.